The molecule has 4 rings (SSSR count). The Balaban J connectivity index is 2.03. The highest BCUT2D eigenvalue weighted by Gasteiger charge is 2.26. The number of aromatic nitrogens is 5. The molecule has 8 nitrogen and oxygen atoms in total. The summed E-state index contributed by atoms with van der Waals surface area (Å²) < 4.78 is 5.83. The van der Waals surface area contributed by atoms with Gasteiger partial charge in [0.25, 0.3) is 5.56 Å². The fraction of sp³-hybridized carbons (Fsp3) is 0.364. The second-order valence-electron chi connectivity index (χ2n) is 8.90. The lowest BCUT2D eigenvalue weighted by molar-refractivity contribution is -0.127. The lowest BCUT2D eigenvalue weighted by Gasteiger charge is -2.17. The highest BCUT2D eigenvalue weighted by Crippen LogP contribution is 2.25. The van der Waals surface area contributed by atoms with Crippen LogP contribution in [-0.4, -0.2) is 28.9 Å². The van der Waals surface area contributed by atoms with Crippen LogP contribution in [0.15, 0.2) is 34.0 Å². The Labute approximate surface area is 183 Å². The number of hydrogen-bond donors (Lipinski definition) is 0. The predicted molar refractivity (Wildman–Crippen MR) is 120 cm³/mol. The molecule has 0 aliphatic rings. The van der Waals surface area contributed by atoms with Crippen LogP contribution in [0.1, 0.15) is 32.0 Å². The van der Waals surface area contributed by atoms with Crippen LogP contribution in [0.2, 0.25) is 5.02 Å². The zero-order valence-corrected chi connectivity index (χ0v) is 19.1. The third kappa shape index (κ3) is 3.22. The fourth-order valence-corrected chi connectivity index (χ4v) is 3.75. The molecule has 1 aromatic carbocycles. The molecule has 0 spiro atoms. The number of aryl methyl sites for hydroxylation is 3. The minimum absolute atomic E-state index is 0.199. The van der Waals surface area contributed by atoms with Crippen molar-refractivity contribution in [2.45, 2.75) is 41.2 Å². The molecule has 0 unspecified atom stereocenters. The molecular weight excluding hydrogens is 418 g/mol. The molecule has 3 heterocycles. The normalized spacial score (nSPS) is 12.2. The summed E-state index contributed by atoms with van der Waals surface area (Å²) in [5.41, 5.74) is 1.32. The molecule has 31 heavy (non-hydrogen) atoms. The monoisotopic (exact) mass is 441 g/mol. The quantitative estimate of drug-likeness (QED) is 0.489. The van der Waals surface area contributed by atoms with Crippen LogP contribution >= 0.6 is 11.6 Å². The van der Waals surface area contributed by atoms with Gasteiger partial charge in [0, 0.05) is 29.4 Å². The van der Waals surface area contributed by atoms with E-state index in [1.807, 2.05) is 36.6 Å². The van der Waals surface area contributed by atoms with E-state index in [0.29, 0.717) is 10.8 Å². The predicted octanol–water partition coefficient (Wildman–Crippen LogP) is 3.02. The fourth-order valence-electron chi connectivity index (χ4n) is 3.57. The number of imidazole rings is 2. The van der Waals surface area contributed by atoms with Gasteiger partial charge < -0.3 is 0 Å². The second kappa shape index (κ2) is 6.95. The number of fused-ring (bicyclic) bond motifs is 3. The smallest absolute Gasteiger partial charge is 0.297 e. The molecule has 0 aliphatic carbocycles. The van der Waals surface area contributed by atoms with Gasteiger partial charge in [-0.15, -0.1) is 0 Å². The standard InChI is InChI=1S/C22H24ClN5O3/c1-12-7-8-14(9-15(12)23)28-13(2)10-26-17-18(24-20(26)28)25(6)21(31)27(19(17)30)11-16(29)22(3,4)5/h7-10H,11H2,1-6H3. The molecule has 0 N–H and O–H groups in total. The lowest BCUT2D eigenvalue weighted by atomic mass is 9.91. The number of carbonyl (C=O) groups is 1. The first kappa shape index (κ1) is 21.1. The van der Waals surface area contributed by atoms with Crippen molar-refractivity contribution in [3.8, 4) is 5.69 Å². The first-order chi connectivity index (χ1) is 14.4. The third-order valence-electron chi connectivity index (χ3n) is 5.58. The van der Waals surface area contributed by atoms with Crippen molar-refractivity contribution in [3.63, 3.8) is 0 Å². The number of carbonyl (C=O) groups excluding carboxylic acids is 1. The summed E-state index contributed by atoms with van der Waals surface area (Å²) in [6.45, 7) is 8.82. The van der Waals surface area contributed by atoms with E-state index in [9.17, 15) is 14.4 Å². The van der Waals surface area contributed by atoms with Crippen molar-refractivity contribution < 1.29 is 4.79 Å². The second-order valence-corrected chi connectivity index (χ2v) is 9.31. The van der Waals surface area contributed by atoms with Crippen molar-refractivity contribution in [2.24, 2.45) is 12.5 Å². The summed E-state index contributed by atoms with van der Waals surface area (Å²) in [4.78, 5) is 43.3. The Bertz CT molecular complexity index is 1490. The summed E-state index contributed by atoms with van der Waals surface area (Å²) in [5, 5.41) is 0.621. The van der Waals surface area contributed by atoms with E-state index >= 15 is 0 Å². The van der Waals surface area contributed by atoms with Gasteiger partial charge in [-0.1, -0.05) is 38.4 Å². The number of Topliss-reactive ketones (excluding diaryl/α,β-unsaturated/α-hetero) is 1. The van der Waals surface area contributed by atoms with Crippen molar-refractivity contribution >= 4 is 34.3 Å². The van der Waals surface area contributed by atoms with Gasteiger partial charge in [-0.25, -0.2) is 4.79 Å². The van der Waals surface area contributed by atoms with Crippen molar-refractivity contribution in [2.75, 3.05) is 0 Å². The Morgan fingerprint density at radius 2 is 1.84 bits per heavy atom. The first-order valence-electron chi connectivity index (χ1n) is 9.91. The zero-order chi connectivity index (χ0) is 22.8. The molecule has 0 radical (unpaired) electrons. The number of hydrogen-bond acceptors (Lipinski definition) is 4. The van der Waals surface area contributed by atoms with Crippen LogP contribution in [0.25, 0.3) is 22.6 Å². The molecule has 0 saturated carbocycles. The molecule has 9 heteroatoms. The van der Waals surface area contributed by atoms with Gasteiger partial charge in [-0.3, -0.25) is 27.7 Å². The molecule has 4 aromatic rings. The highest BCUT2D eigenvalue weighted by atomic mass is 35.5. The molecule has 0 fully saturated rings. The topological polar surface area (TPSA) is 83.3 Å². The minimum atomic E-state index is -0.670. The van der Waals surface area contributed by atoms with E-state index in [1.54, 1.807) is 38.4 Å². The molecule has 162 valence electrons. The summed E-state index contributed by atoms with van der Waals surface area (Å²) in [6, 6.07) is 5.67. The molecule has 0 saturated heterocycles. The average molecular weight is 442 g/mol. The van der Waals surface area contributed by atoms with E-state index in [2.05, 4.69) is 4.98 Å². The number of benzene rings is 1. The Morgan fingerprint density at radius 1 is 1.16 bits per heavy atom. The maximum Gasteiger partial charge on any atom is 0.332 e. The van der Waals surface area contributed by atoms with Gasteiger partial charge in [0.05, 0.1) is 12.2 Å². The Morgan fingerprint density at radius 3 is 2.45 bits per heavy atom. The molecule has 0 atom stereocenters. The minimum Gasteiger partial charge on any atom is -0.297 e. The lowest BCUT2D eigenvalue weighted by Crippen LogP contribution is -2.42. The SMILES string of the molecule is Cc1ccc(-n2c(C)cn3c4c(=O)n(CC(=O)C(C)(C)C)c(=O)n(C)c4nc23)cc1Cl. The van der Waals surface area contributed by atoms with Crippen LogP contribution < -0.4 is 11.2 Å². The Hall–Kier alpha value is -3.13. The summed E-state index contributed by atoms with van der Waals surface area (Å²) in [6.07, 6.45) is 1.79. The van der Waals surface area contributed by atoms with E-state index < -0.39 is 16.7 Å². The van der Waals surface area contributed by atoms with Crippen LogP contribution in [0.4, 0.5) is 0 Å². The number of ketones is 1. The van der Waals surface area contributed by atoms with E-state index in [-0.39, 0.29) is 23.5 Å². The maximum absolute atomic E-state index is 13.3. The number of nitrogens with zero attached hydrogens (tertiary/aromatic N) is 5. The molecule has 0 bridgehead atoms. The summed E-state index contributed by atoms with van der Waals surface area (Å²) >= 11 is 6.32. The number of rotatable bonds is 3. The third-order valence-corrected chi connectivity index (χ3v) is 5.99. The van der Waals surface area contributed by atoms with Gasteiger partial charge in [-0.2, -0.15) is 4.98 Å². The van der Waals surface area contributed by atoms with Gasteiger partial charge in [-0.05, 0) is 31.5 Å². The Kier molecular flexibility index (Phi) is 4.73. The molecule has 0 aliphatic heterocycles. The first-order valence-corrected chi connectivity index (χ1v) is 10.3. The zero-order valence-electron chi connectivity index (χ0n) is 18.4. The summed E-state index contributed by atoms with van der Waals surface area (Å²) in [7, 11) is 1.55. The molecule has 3 aromatic heterocycles. The summed E-state index contributed by atoms with van der Waals surface area (Å²) in [5.74, 6) is 0.286. The van der Waals surface area contributed by atoms with Crippen LogP contribution in [0, 0.1) is 19.3 Å². The van der Waals surface area contributed by atoms with Crippen molar-refractivity contribution in [1.82, 2.24) is 23.1 Å². The highest BCUT2D eigenvalue weighted by molar-refractivity contribution is 6.31. The van der Waals surface area contributed by atoms with Crippen LogP contribution in [0.5, 0.6) is 0 Å². The van der Waals surface area contributed by atoms with Gasteiger partial charge >= 0.3 is 5.69 Å². The van der Waals surface area contributed by atoms with Gasteiger partial charge in [0.2, 0.25) is 5.78 Å². The maximum atomic E-state index is 13.3. The largest absolute Gasteiger partial charge is 0.332 e. The van der Waals surface area contributed by atoms with Crippen LogP contribution in [-0.2, 0) is 18.4 Å². The van der Waals surface area contributed by atoms with Crippen molar-refractivity contribution in [3.05, 3.63) is 61.5 Å². The van der Waals surface area contributed by atoms with E-state index in [0.717, 1.165) is 21.5 Å². The van der Waals surface area contributed by atoms with Gasteiger partial charge in [0.1, 0.15) is 0 Å². The van der Waals surface area contributed by atoms with Crippen molar-refractivity contribution in [1.29, 1.82) is 0 Å². The number of halogens is 1. The molecular formula is C22H24ClN5O3. The van der Waals surface area contributed by atoms with Gasteiger partial charge in [0.15, 0.2) is 16.9 Å². The van der Waals surface area contributed by atoms with Crippen LogP contribution in [0.3, 0.4) is 0 Å². The van der Waals surface area contributed by atoms with E-state index in [1.165, 1.54) is 4.57 Å². The molecule has 0 amide bonds. The average Bonchev–Trinajstić information content (AvgIpc) is 3.19. The van der Waals surface area contributed by atoms with E-state index in [4.69, 9.17) is 11.6 Å².